The summed E-state index contributed by atoms with van der Waals surface area (Å²) in [6.45, 7) is 3.15. The lowest BCUT2D eigenvalue weighted by molar-refractivity contribution is 0.128. The van der Waals surface area contributed by atoms with Crippen LogP contribution >= 0.6 is 11.3 Å². The fourth-order valence-corrected chi connectivity index (χ4v) is 3.21. The van der Waals surface area contributed by atoms with E-state index in [2.05, 4.69) is 22.4 Å². The van der Waals surface area contributed by atoms with Crippen molar-refractivity contribution in [1.29, 1.82) is 0 Å². The Hall–Kier alpha value is -0.680. The minimum absolute atomic E-state index is 0.353. The van der Waals surface area contributed by atoms with Gasteiger partial charge >= 0.3 is 0 Å². The second-order valence-corrected chi connectivity index (χ2v) is 6.65. The van der Waals surface area contributed by atoms with Gasteiger partial charge in [0.05, 0.1) is 6.54 Å². The van der Waals surface area contributed by atoms with Crippen molar-refractivity contribution in [3.63, 3.8) is 0 Å². The molecule has 2 unspecified atom stereocenters. The maximum Gasteiger partial charge on any atom is 0.294 e. The van der Waals surface area contributed by atoms with E-state index in [9.17, 15) is 0 Å². The Labute approximate surface area is 112 Å². The molecule has 1 heterocycles. The van der Waals surface area contributed by atoms with Crippen LogP contribution in [0.25, 0.3) is 0 Å². The number of rotatable bonds is 5. The summed E-state index contributed by atoms with van der Waals surface area (Å²) in [6, 6.07) is 0.720. The molecule has 0 aromatic carbocycles. The number of aromatic nitrogens is 2. The van der Waals surface area contributed by atoms with Gasteiger partial charge in [-0.05, 0) is 38.0 Å². The standard InChI is InChI=1S/C13H21N3OS/c1-9-3-2-4-11(7-9)17-13-16-15-12(18-13)8-14-10-5-6-10/h9-11,14H,2-8H2,1H3. The fraction of sp³-hybridized carbons (Fsp3) is 0.846. The van der Waals surface area contributed by atoms with Crippen molar-refractivity contribution in [3.8, 4) is 5.19 Å². The van der Waals surface area contributed by atoms with Crippen molar-refractivity contribution in [2.75, 3.05) is 0 Å². The van der Waals surface area contributed by atoms with Crippen LogP contribution in [0.3, 0.4) is 0 Å². The molecule has 1 aromatic heterocycles. The largest absolute Gasteiger partial charge is 0.466 e. The molecule has 2 aliphatic carbocycles. The van der Waals surface area contributed by atoms with E-state index in [1.165, 1.54) is 32.1 Å². The highest BCUT2D eigenvalue weighted by molar-refractivity contribution is 7.13. The van der Waals surface area contributed by atoms with Gasteiger partial charge in [0, 0.05) is 6.04 Å². The van der Waals surface area contributed by atoms with Crippen LogP contribution in [0.4, 0.5) is 0 Å². The van der Waals surface area contributed by atoms with Crippen LogP contribution in [0.5, 0.6) is 5.19 Å². The van der Waals surface area contributed by atoms with Crippen LogP contribution in [-0.2, 0) is 6.54 Å². The van der Waals surface area contributed by atoms with Crippen LogP contribution in [0.1, 0.15) is 50.5 Å². The lowest BCUT2D eigenvalue weighted by Gasteiger charge is -2.25. The number of nitrogens with one attached hydrogen (secondary N) is 1. The molecule has 0 aliphatic heterocycles. The Kier molecular flexibility index (Phi) is 3.80. The summed E-state index contributed by atoms with van der Waals surface area (Å²) in [4.78, 5) is 0. The Morgan fingerprint density at radius 1 is 1.28 bits per heavy atom. The van der Waals surface area contributed by atoms with E-state index in [-0.39, 0.29) is 0 Å². The number of nitrogens with zero attached hydrogens (tertiary/aromatic N) is 2. The van der Waals surface area contributed by atoms with E-state index in [0.29, 0.717) is 6.10 Å². The number of ether oxygens (including phenoxy) is 1. The van der Waals surface area contributed by atoms with Gasteiger partial charge < -0.3 is 10.1 Å². The minimum Gasteiger partial charge on any atom is -0.466 e. The molecule has 3 rings (SSSR count). The van der Waals surface area contributed by atoms with Gasteiger partial charge in [0.25, 0.3) is 5.19 Å². The van der Waals surface area contributed by atoms with E-state index in [4.69, 9.17) is 4.74 Å². The molecule has 18 heavy (non-hydrogen) atoms. The molecule has 0 spiro atoms. The van der Waals surface area contributed by atoms with Crippen molar-refractivity contribution in [1.82, 2.24) is 15.5 Å². The van der Waals surface area contributed by atoms with Crippen molar-refractivity contribution in [3.05, 3.63) is 5.01 Å². The zero-order chi connectivity index (χ0) is 12.4. The van der Waals surface area contributed by atoms with Crippen molar-refractivity contribution >= 4 is 11.3 Å². The quantitative estimate of drug-likeness (QED) is 0.891. The molecule has 1 aromatic rings. The molecule has 0 bridgehead atoms. The smallest absolute Gasteiger partial charge is 0.294 e. The summed E-state index contributed by atoms with van der Waals surface area (Å²) >= 11 is 1.59. The van der Waals surface area contributed by atoms with E-state index >= 15 is 0 Å². The Balaban J connectivity index is 1.49. The first-order valence-corrected chi connectivity index (χ1v) is 7.83. The molecule has 2 saturated carbocycles. The van der Waals surface area contributed by atoms with E-state index in [1.54, 1.807) is 11.3 Å². The van der Waals surface area contributed by atoms with Gasteiger partial charge in [-0.3, -0.25) is 0 Å². The second-order valence-electron chi connectivity index (χ2n) is 5.63. The summed E-state index contributed by atoms with van der Waals surface area (Å²) in [5.74, 6) is 0.785. The third kappa shape index (κ3) is 3.42. The van der Waals surface area contributed by atoms with Crippen LogP contribution < -0.4 is 10.1 Å². The Bertz CT molecular complexity index is 391. The van der Waals surface area contributed by atoms with Crippen molar-refractivity contribution in [2.45, 2.75) is 64.1 Å². The van der Waals surface area contributed by atoms with Gasteiger partial charge in [-0.2, -0.15) is 0 Å². The highest BCUT2D eigenvalue weighted by atomic mass is 32.1. The Morgan fingerprint density at radius 2 is 2.17 bits per heavy atom. The maximum atomic E-state index is 5.95. The normalized spacial score (nSPS) is 28.3. The fourth-order valence-electron chi connectivity index (χ4n) is 2.50. The van der Waals surface area contributed by atoms with Gasteiger partial charge in [0.15, 0.2) is 0 Å². The minimum atomic E-state index is 0.353. The molecule has 2 atom stereocenters. The first-order chi connectivity index (χ1) is 8.79. The number of hydrogen-bond acceptors (Lipinski definition) is 5. The summed E-state index contributed by atoms with van der Waals surface area (Å²) in [5.41, 5.74) is 0. The first kappa shape index (κ1) is 12.4. The lowest BCUT2D eigenvalue weighted by atomic mass is 9.89. The molecule has 4 nitrogen and oxygen atoms in total. The Morgan fingerprint density at radius 3 is 2.94 bits per heavy atom. The summed E-state index contributed by atoms with van der Waals surface area (Å²) < 4.78 is 5.95. The third-order valence-electron chi connectivity index (χ3n) is 3.72. The van der Waals surface area contributed by atoms with Gasteiger partial charge in [0.1, 0.15) is 11.1 Å². The molecule has 5 heteroatoms. The van der Waals surface area contributed by atoms with E-state index in [1.807, 2.05) is 0 Å². The molecular formula is C13H21N3OS. The SMILES string of the molecule is CC1CCCC(Oc2nnc(CNC3CC3)s2)C1. The predicted molar refractivity (Wildman–Crippen MR) is 71.8 cm³/mol. The molecule has 0 amide bonds. The average molecular weight is 267 g/mol. The predicted octanol–water partition coefficient (Wildman–Crippen LogP) is 2.75. The summed E-state index contributed by atoms with van der Waals surface area (Å²) in [6.07, 6.45) is 7.91. The van der Waals surface area contributed by atoms with Gasteiger partial charge in [0.2, 0.25) is 0 Å². The van der Waals surface area contributed by atoms with Crippen molar-refractivity contribution < 1.29 is 4.74 Å². The van der Waals surface area contributed by atoms with Gasteiger partial charge in [-0.15, -0.1) is 5.10 Å². The maximum absolute atomic E-state index is 5.95. The van der Waals surface area contributed by atoms with Crippen molar-refractivity contribution in [2.24, 2.45) is 5.92 Å². The highest BCUT2D eigenvalue weighted by Gasteiger charge is 2.23. The zero-order valence-electron chi connectivity index (χ0n) is 10.9. The molecule has 2 fully saturated rings. The second kappa shape index (κ2) is 5.53. The third-order valence-corrected chi connectivity index (χ3v) is 4.54. The molecular weight excluding hydrogens is 246 g/mol. The molecule has 0 saturated heterocycles. The summed E-state index contributed by atoms with van der Waals surface area (Å²) in [7, 11) is 0. The highest BCUT2D eigenvalue weighted by Crippen LogP contribution is 2.29. The summed E-state index contributed by atoms with van der Waals surface area (Å²) in [5, 5.41) is 13.6. The van der Waals surface area contributed by atoms with E-state index < -0.39 is 0 Å². The van der Waals surface area contributed by atoms with E-state index in [0.717, 1.165) is 35.1 Å². The van der Waals surface area contributed by atoms with Crippen LogP contribution in [0.15, 0.2) is 0 Å². The van der Waals surface area contributed by atoms with Crippen LogP contribution in [0.2, 0.25) is 0 Å². The molecule has 1 N–H and O–H groups in total. The van der Waals surface area contributed by atoms with Crippen LogP contribution in [-0.4, -0.2) is 22.3 Å². The monoisotopic (exact) mass is 267 g/mol. The zero-order valence-corrected chi connectivity index (χ0v) is 11.7. The first-order valence-electron chi connectivity index (χ1n) is 7.02. The molecule has 100 valence electrons. The average Bonchev–Trinajstić information content (AvgIpc) is 3.08. The molecule has 0 radical (unpaired) electrons. The van der Waals surface area contributed by atoms with Crippen LogP contribution in [0, 0.1) is 5.92 Å². The lowest BCUT2D eigenvalue weighted by Crippen LogP contribution is -2.23. The number of hydrogen-bond donors (Lipinski definition) is 1. The van der Waals surface area contributed by atoms with Gasteiger partial charge in [-0.25, -0.2) is 0 Å². The molecule has 2 aliphatic rings. The topological polar surface area (TPSA) is 47.0 Å². The van der Waals surface area contributed by atoms with Gasteiger partial charge in [-0.1, -0.05) is 29.8 Å².